The highest BCUT2D eigenvalue weighted by Gasteiger charge is 2.14. The molecule has 0 radical (unpaired) electrons. The predicted molar refractivity (Wildman–Crippen MR) is 131 cm³/mol. The molecule has 5 heteroatoms. The predicted octanol–water partition coefficient (Wildman–Crippen LogP) is 5.74. The van der Waals surface area contributed by atoms with Gasteiger partial charge in [-0.1, -0.05) is 91.4 Å². The standard InChI is InChI=1S/C27H24N2O2S/c1-18(2)22-14-7-8-15-23(22)29-25(30)17-24(21-13-9-10-19(3)16-21)32-27(29)28-26(31)20-11-5-4-6-12-20/h4-18H,1-3H3. The van der Waals surface area contributed by atoms with Gasteiger partial charge in [0, 0.05) is 16.5 Å². The van der Waals surface area contributed by atoms with E-state index in [9.17, 15) is 9.59 Å². The highest BCUT2D eigenvalue weighted by atomic mass is 32.1. The summed E-state index contributed by atoms with van der Waals surface area (Å²) in [4.78, 5) is 31.9. The summed E-state index contributed by atoms with van der Waals surface area (Å²) in [6.45, 7) is 6.18. The van der Waals surface area contributed by atoms with Crippen molar-refractivity contribution in [1.82, 2.24) is 4.57 Å². The van der Waals surface area contributed by atoms with Gasteiger partial charge in [-0.05, 0) is 42.2 Å². The summed E-state index contributed by atoms with van der Waals surface area (Å²) in [5, 5.41) is 0. The molecule has 1 amide bonds. The van der Waals surface area contributed by atoms with E-state index < -0.39 is 0 Å². The third kappa shape index (κ3) is 4.53. The Kier molecular flexibility index (Phi) is 6.28. The molecule has 0 N–H and O–H groups in total. The maximum Gasteiger partial charge on any atom is 0.279 e. The van der Waals surface area contributed by atoms with E-state index >= 15 is 0 Å². The first-order valence-electron chi connectivity index (χ1n) is 10.5. The van der Waals surface area contributed by atoms with Crippen molar-refractivity contribution >= 4 is 17.2 Å². The zero-order valence-corrected chi connectivity index (χ0v) is 19.1. The van der Waals surface area contributed by atoms with Gasteiger partial charge in [0.25, 0.3) is 11.5 Å². The molecule has 0 fully saturated rings. The van der Waals surface area contributed by atoms with Crippen LogP contribution in [0.3, 0.4) is 0 Å². The molecule has 0 aliphatic heterocycles. The van der Waals surface area contributed by atoms with E-state index in [1.54, 1.807) is 34.9 Å². The number of carbonyl (C=O) groups excluding carboxylic acids is 1. The van der Waals surface area contributed by atoms with Crippen LogP contribution >= 0.6 is 11.3 Å². The minimum atomic E-state index is -0.376. The summed E-state index contributed by atoms with van der Waals surface area (Å²) in [6, 6.07) is 26.3. The van der Waals surface area contributed by atoms with Crippen molar-refractivity contribution in [2.24, 2.45) is 4.99 Å². The van der Waals surface area contributed by atoms with Gasteiger partial charge in [-0.15, -0.1) is 0 Å². The second kappa shape index (κ2) is 9.28. The van der Waals surface area contributed by atoms with Crippen molar-refractivity contribution in [2.75, 3.05) is 0 Å². The van der Waals surface area contributed by atoms with Crippen LogP contribution in [-0.4, -0.2) is 10.5 Å². The molecule has 4 rings (SSSR count). The Hall–Kier alpha value is -3.57. The highest BCUT2D eigenvalue weighted by Crippen LogP contribution is 2.24. The number of benzene rings is 3. The van der Waals surface area contributed by atoms with Gasteiger partial charge in [0.05, 0.1) is 5.69 Å². The van der Waals surface area contributed by atoms with E-state index in [0.717, 1.165) is 27.3 Å². The van der Waals surface area contributed by atoms with E-state index in [4.69, 9.17) is 0 Å². The van der Waals surface area contributed by atoms with Gasteiger partial charge < -0.3 is 0 Å². The van der Waals surface area contributed by atoms with Crippen LogP contribution in [0.15, 0.2) is 94.7 Å². The zero-order chi connectivity index (χ0) is 22.7. The monoisotopic (exact) mass is 440 g/mol. The molecule has 160 valence electrons. The number of rotatable bonds is 4. The van der Waals surface area contributed by atoms with E-state index in [-0.39, 0.29) is 17.4 Å². The van der Waals surface area contributed by atoms with Gasteiger partial charge in [0.15, 0.2) is 0 Å². The fraction of sp³-hybridized carbons (Fsp3) is 0.148. The zero-order valence-electron chi connectivity index (χ0n) is 18.3. The average Bonchev–Trinajstić information content (AvgIpc) is 2.79. The highest BCUT2D eigenvalue weighted by molar-refractivity contribution is 7.12. The lowest BCUT2D eigenvalue weighted by molar-refractivity contribution is 0.0998. The lowest BCUT2D eigenvalue weighted by atomic mass is 10.0. The van der Waals surface area contributed by atoms with Crippen LogP contribution in [-0.2, 0) is 0 Å². The van der Waals surface area contributed by atoms with Crippen LogP contribution in [0.2, 0.25) is 0 Å². The molecule has 1 heterocycles. The number of aromatic nitrogens is 1. The number of nitrogens with zero attached hydrogens (tertiary/aromatic N) is 2. The minimum Gasteiger partial charge on any atom is -0.269 e. The number of hydrogen-bond donors (Lipinski definition) is 0. The number of hydrogen-bond acceptors (Lipinski definition) is 3. The Balaban J connectivity index is 2.01. The van der Waals surface area contributed by atoms with E-state index in [1.165, 1.54) is 11.3 Å². The Morgan fingerprint density at radius 1 is 0.906 bits per heavy atom. The van der Waals surface area contributed by atoms with Crippen molar-refractivity contribution in [3.63, 3.8) is 0 Å². The summed E-state index contributed by atoms with van der Waals surface area (Å²) in [7, 11) is 0. The summed E-state index contributed by atoms with van der Waals surface area (Å²) >= 11 is 1.34. The molecule has 4 aromatic rings. The molecule has 3 aromatic carbocycles. The summed E-state index contributed by atoms with van der Waals surface area (Å²) in [5.41, 5.74) is 4.07. The molecule has 0 aliphatic carbocycles. The van der Waals surface area contributed by atoms with Crippen molar-refractivity contribution in [3.8, 4) is 16.1 Å². The number of para-hydroxylation sites is 1. The minimum absolute atomic E-state index is 0.206. The maximum absolute atomic E-state index is 13.4. The first-order chi connectivity index (χ1) is 15.4. The Labute approximate surface area is 191 Å². The summed E-state index contributed by atoms with van der Waals surface area (Å²) in [5.74, 6) is -0.171. The normalized spacial score (nSPS) is 11.7. The van der Waals surface area contributed by atoms with Crippen LogP contribution in [0.1, 0.15) is 41.3 Å². The largest absolute Gasteiger partial charge is 0.279 e. The van der Waals surface area contributed by atoms with E-state index in [2.05, 4.69) is 18.8 Å². The van der Waals surface area contributed by atoms with Gasteiger partial charge in [-0.2, -0.15) is 4.99 Å². The number of aryl methyl sites for hydroxylation is 1. The summed E-state index contributed by atoms with van der Waals surface area (Å²) < 4.78 is 1.56. The molecular formula is C27H24N2O2S. The SMILES string of the molecule is Cc1cccc(-c2cc(=O)n(-c3ccccc3C(C)C)c(=NC(=O)c3ccccc3)s2)c1. The van der Waals surface area contributed by atoms with Crippen LogP contribution in [0.5, 0.6) is 0 Å². The fourth-order valence-corrected chi connectivity index (χ4v) is 4.60. The molecular weight excluding hydrogens is 416 g/mol. The Bertz CT molecular complexity index is 1400. The van der Waals surface area contributed by atoms with Gasteiger partial charge in [-0.3, -0.25) is 14.2 Å². The van der Waals surface area contributed by atoms with Crippen LogP contribution < -0.4 is 10.4 Å². The number of amides is 1. The average molecular weight is 441 g/mol. The van der Waals surface area contributed by atoms with Gasteiger partial charge in [0.1, 0.15) is 0 Å². The third-order valence-corrected chi connectivity index (χ3v) is 6.22. The van der Waals surface area contributed by atoms with Crippen LogP contribution in [0.4, 0.5) is 0 Å². The molecule has 0 aliphatic rings. The third-order valence-electron chi connectivity index (χ3n) is 5.19. The Morgan fingerprint density at radius 3 is 2.34 bits per heavy atom. The molecule has 0 unspecified atom stereocenters. The molecule has 1 aromatic heterocycles. The molecule has 0 bridgehead atoms. The van der Waals surface area contributed by atoms with Gasteiger partial charge in [0.2, 0.25) is 4.80 Å². The van der Waals surface area contributed by atoms with Gasteiger partial charge in [-0.25, -0.2) is 0 Å². The second-order valence-electron chi connectivity index (χ2n) is 7.93. The molecule has 32 heavy (non-hydrogen) atoms. The van der Waals surface area contributed by atoms with Crippen LogP contribution in [0.25, 0.3) is 16.1 Å². The molecule has 0 spiro atoms. The molecule has 0 atom stereocenters. The van der Waals surface area contributed by atoms with E-state index in [0.29, 0.717) is 10.4 Å². The van der Waals surface area contributed by atoms with Gasteiger partial charge >= 0.3 is 0 Å². The summed E-state index contributed by atoms with van der Waals surface area (Å²) in [6.07, 6.45) is 0. The lowest BCUT2D eigenvalue weighted by Crippen LogP contribution is -2.31. The first kappa shape index (κ1) is 21.7. The van der Waals surface area contributed by atoms with Crippen molar-refractivity contribution in [2.45, 2.75) is 26.7 Å². The molecule has 4 nitrogen and oxygen atoms in total. The Morgan fingerprint density at radius 2 is 1.62 bits per heavy atom. The topological polar surface area (TPSA) is 51.4 Å². The molecule has 0 saturated carbocycles. The van der Waals surface area contributed by atoms with Crippen molar-refractivity contribution in [1.29, 1.82) is 0 Å². The molecule has 0 saturated heterocycles. The fourth-order valence-electron chi connectivity index (χ4n) is 3.59. The van der Waals surface area contributed by atoms with Crippen molar-refractivity contribution in [3.05, 3.63) is 117 Å². The quantitative estimate of drug-likeness (QED) is 0.406. The first-order valence-corrected chi connectivity index (χ1v) is 11.3. The number of carbonyl (C=O) groups is 1. The second-order valence-corrected chi connectivity index (χ2v) is 8.94. The maximum atomic E-state index is 13.4. The lowest BCUT2D eigenvalue weighted by Gasteiger charge is -2.15. The smallest absolute Gasteiger partial charge is 0.269 e. The van der Waals surface area contributed by atoms with E-state index in [1.807, 2.05) is 61.5 Å². The van der Waals surface area contributed by atoms with Crippen LogP contribution in [0, 0.1) is 6.92 Å². The van der Waals surface area contributed by atoms with Crippen molar-refractivity contribution < 1.29 is 4.79 Å².